The number of hydrogen-bond acceptors (Lipinski definition) is 6. The molecule has 0 aliphatic rings. The van der Waals surface area contributed by atoms with Crippen LogP contribution in [0.3, 0.4) is 0 Å². The first-order valence-corrected chi connectivity index (χ1v) is 6.85. The summed E-state index contributed by atoms with van der Waals surface area (Å²) < 4.78 is 6.49. The summed E-state index contributed by atoms with van der Waals surface area (Å²) in [5, 5.41) is 2.77. The Labute approximate surface area is 108 Å². The second-order valence-electron chi connectivity index (χ2n) is 3.61. The maximum atomic E-state index is 5.80. The fraction of sp³-hybridized carbons (Fsp3) is 0.273. The van der Waals surface area contributed by atoms with E-state index < -0.39 is 0 Å². The van der Waals surface area contributed by atoms with Gasteiger partial charge in [-0.1, -0.05) is 0 Å². The lowest BCUT2D eigenvalue weighted by atomic mass is 10.4. The van der Waals surface area contributed by atoms with Gasteiger partial charge < -0.3 is 10.5 Å². The van der Waals surface area contributed by atoms with Crippen LogP contribution >= 0.6 is 23.1 Å². The third-order valence-electron chi connectivity index (χ3n) is 1.81. The molecule has 0 fully saturated rings. The lowest BCUT2D eigenvalue weighted by molar-refractivity contribution is 0.232. The van der Waals surface area contributed by atoms with Crippen molar-refractivity contribution in [2.75, 3.05) is 5.73 Å². The molecular formula is C11H13N3OS2. The largest absolute Gasteiger partial charge is 0.473 e. The van der Waals surface area contributed by atoms with Crippen LogP contribution in [-0.2, 0) is 0 Å². The van der Waals surface area contributed by atoms with Crippen LogP contribution in [-0.4, -0.2) is 16.1 Å². The van der Waals surface area contributed by atoms with Crippen LogP contribution in [0.15, 0.2) is 33.1 Å². The Morgan fingerprint density at radius 1 is 1.41 bits per heavy atom. The Hall–Kier alpha value is -1.27. The molecule has 2 heterocycles. The number of anilines is 1. The molecule has 0 atom stereocenters. The number of hydrogen-bond donors (Lipinski definition) is 1. The molecule has 0 aliphatic heterocycles. The SMILES string of the molecule is CC(C)Oc1nc(Sc2nccs2)ccc1N. The molecule has 2 rings (SSSR count). The van der Waals surface area contributed by atoms with Gasteiger partial charge in [0.15, 0.2) is 4.34 Å². The number of rotatable bonds is 4. The highest BCUT2D eigenvalue weighted by Crippen LogP contribution is 2.31. The van der Waals surface area contributed by atoms with E-state index in [9.17, 15) is 0 Å². The van der Waals surface area contributed by atoms with Crippen molar-refractivity contribution >= 4 is 28.8 Å². The summed E-state index contributed by atoms with van der Waals surface area (Å²) in [5.41, 5.74) is 6.36. The maximum absolute atomic E-state index is 5.80. The van der Waals surface area contributed by atoms with Crippen molar-refractivity contribution in [3.63, 3.8) is 0 Å². The van der Waals surface area contributed by atoms with Gasteiger partial charge in [-0.3, -0.25) is 0 Å². The third kappa shape index (κ3) is 3.34. The van der Waals surface area contributed by atoms with Gasteiger partial charge in [0, 0.05) is 11.6 Å². The van der Waals surface area contributed by atoms with Crippen LogP contribution in [0.1, 0.15) is 13.8 Å². The molecule has 0 amide bonds. The average molecular weight is 267 g/mol. The molecule has 0 aromatic carbocycles. The van der Waals surface area contributed by atoms with E-state index in [1.54, 1.807) is 23.6 Å². The molecule has 4 nitrogen and oxygen atoms in total. The Kier molecular flexibility index (Phi) is 3.86. The quantitative estimate of drug-likeness (QED) is 0.922. The molecule has 0 spiro atoms. The third-order valence-corrected chi connectivity index (χ3v) is 3.63. The summed E-state index contributed by atoms with van der Waals surface area (Å²) >= 11 is 3.09. The normalized spacial score (nSPS) is 10.8. The fourth-order valence-electron chi connectivity index (χ4n) is 1.16. The second-order valence-corrected chi connectivity index (χ2v) is 5.77. The highest BCUT2D eigenvalue weighted by molar-refractivity contribution is 8.00. The zero-order chi connectivity index (χ0) is 12.3. The number of aromatic nitrogens is 2. The lowest BCUT2D eigenvalue weighted by Gasteiger charge is -2.11. The number of nitrogens with zero attached hydrogens (tertiary/aromatic N) is 2. The minimum Gasteiger partial charge on any atom is -0.473 e. The van der Waals surface area contributed by atoms with Gasteiger partial charge in [0.25, 0.3) is 0 Å². The molecular weight excluding hydrogens is 254 g/mol. The molecule has 90 valence electrons. The highest BCUT2D eigenvalue weighted by atomic mass is 32.2. The molecule has 0 saturated heterocycles. The van der Waals surface area contributed by atoms with E-state index in [0.29, 0.717) is 11.6 Å². The van der Waals surface area contributed by atoms with E-state index in [1.165, 1.54) is 11.8 Å². The number of thiazole rings is 1. The average Bonchev–Trinajstić information content (AvgIpc) is 2.75. The first-order chi connectivity index (χ1) is 8.15. The van der Waals surface area contributed by atoms with Gasteiger partial charge in [0.05, 0.1) is 11.8 Å². The lowest BCUT2D eigenvalue weighted by Crippen LogP contribution is -2.09. The van der Waals surface area contributed by atoms with Crippen molar-refractivity contribution in [2.24, 2.45) is 0 Å². The monoisotopic (exact) mass is 267 g/mol. The number of ether oxygens (including phenoxy) is 1. The minimum atomic E-state index is 0.0601. The fourth-order valence-corrected chi connectivity index (χ4v) is 2.69. The predicted octanol–water partition coefficient (Wildman–Crippen LogP) is 3.06. The van der Waals surface area contributed by atoms with Crippen LogP contribution in [0.25, 0.3) is 0 Å². The molecule has 17 heavy (non-hydrogen) atoms. The van der Waals surface area contributed by atoms with Gasteiger partial charge >= 0.3 is 0 Å². The summed E-state index contributed by atoms with van der Waals surface area (Å²) in [5.74, 6) is 0.488. The van der Waals surface area contributed by atoms with Gasteiger partial charge in [-0.05, 0) is 37.7 Å². The Bertz CT molecular complexity index is 485. The molecule has 0 aliphatic carbocycles. The van der Waals surface area contributed by atoms with E-state index in [4.69, 9.17) is 10.5 Å². The first-order valence-electron chi connectivity index (χ1n) is 5.15. The second kappa shape index (κ2) is 5.37. The molecule has 2 aromatic heterocycles. The van der Waals surface area contributed by atoms with E-state index in [2.05, 4.69) is 9.97 Å². The highest BCUT2D eigenvalue weighted by Gasteiger charge is 2.08. The van der Waals surface area contributed by atoms with E-state index in [0.717, 1.165) is 9.37 Å². The minimum absolute atomic E-state index is 0.0601. The van der Waals surface area contributed by atoms with Gasteiger partial charge in [-0.25, -0.2) is 9.97 Å². The number of nitrogens with two attached hydrogens (primary N) is 1. The zero-order valence-corrected chi connectivity index (χ0v) is 11.2. The Morgan fingerprint density at radius 3 is 2.88 bits per heavy atom. The Morgan fingerprint density at radius 2 is 2.24 bits per heavy atom. The molecule has 2 N–H and O–H groups in total. The van der Waals surface area contributed by atoms with E-state index >= 15 is 0 Å². The summed E-state index contributed by atoms with van der Waals surface area (Å²) in [6, 6.07) is 3.68. The summed E-state index contributed by atoms with van der Waals surface area (Å²) in [6.45, 7) is 3.89. The Balaban J connectivity index is 2.18. The topological polar surface area (TPSA) is 61.0 Å². The van der Waals surface area contributed by atoms with Crippen LogP contribution < -0.4 is 10.5 Å². The molecule has 6 heteroatoms. The number of pyridine rings is 1. The van der Waals surface area contributed by atoms with Crippen molar-refractivity contribution < 1.29 is 4.74 Å². The van der Waals surface area contributed by atoms with Gasteiger partial charge in [-0.2, -0.15) is 0 Å². The molecule has 0 bridgehead atoms. The zero-order valence-electron chi connectivity index (χ0n) is 9.58. The van der Waals surface area contributed by atoms with Crippen molar-refractivity contribution in [3.8, 4) is 5.88 Å². The summed E-state index contributed by atoms with van der Waals surface area (Å²) in [4.78, 5) is 8.56. The predicted molar refractivity (Wildman–Crippen MR) is 70.7 cm³/mol. The molecule has 0 radical (unpaired) electrons. The van der Waals surface area contributed by atoms with Gasteiger partial charge in [0.2, 0.25) is 5.88 Å². The molecule has 2 aromatic rings. The molecule has 0 saturated carbocycles. The van der Waals surface area contributed by atoms with Gasteiger partial charge in [-0.15, -0.1) is 11.3 Å². The summed E-state index contributed by atoms with van der Waals surface area (Å²) in [7, 11) is 0. The maximum Gasteiger partial charge on any atom is 0.238 e. The van der Waals surface area contributed by atoms with Crippen molar-refractivity contribution in [1.82, 2.24) is 9.97 Å². The molecule has 0 unspecified atom stereocenters. The van der Waals surface area contributed by atoms with Crippen molar-refractivity contribution in [1.29, 1.82) is 0 Å². The van der Waals surface area contributed by atoms with Crippen LogP contribution in [0.4, 0.5) is 5.69 Å². The standard InChI is InChI=1S/C11H13N3OS2/c1-7(2)15-10-8(12)3-4-9(14-10)17-11-13-5-6-16-11/h3-7H,12H2,1-2H3. The number of nitrogen functional groups attached to an aromatic ring is 1. The van der Waals surface area contributed by atoms with Crippen molar-refractivity contribution in [3.05, 3.63) is 23.7 Å². The first kappa shape index (κ1) is 12.2. The summed E-state index contributed by atoms with van der Waals surface area (Å²) in [6.07, 6.45) is 1.83. The van der Waals surface area contributed by atoms with E-state index in [-0.39, 0.29) is 6.10 Å². The van der Waals surface area contributed by atoms with Crippen LogP contribution in [0.5, 0.6) is 5.88 Å². The van der Waals surface area contributed by atoms with Gasteiger partial charge in [0.1, 0.15) is 5.03 Å². The van der Waals surface area contributed by atoms with Crippen molar-refractivity contribution in [2.45, 2.75) is 29.3 Å². The smallest absolute Gasteiger partial charge is 0.238 e. The van der Waals surface area contributed by atoms with E-state index in [1.807, 2.05) is 25.3 Å². The van der Waals surface area contributed by atoms with Crippen LogP contribution in [0.2, 0.25) is 0 Å². The van der Waals surface area contributed by atoms with Crippen LogP contribution in [0, 0.1) is 0 Å².